The molecule has 1 aromatic rings. The topological polar surface area (TPSA) is 114 Å². The normalized spacial score (nSPS) is 18.8. The fourth-order valence-corrected chi connectivity index (χ4v) is 3.41. The molecular formula is C11H16N4O3S. The van der Waals surface area contributed by atoms with Crippen LogP contribution in [0.1, 0.15) is 23.2 Å². The van der Waals surface area contributed by atoms with Gasteiger partial charge in [0.05, 0.1) is 17.1 Å². The number of rotatable bonds is 3. The summed E-state index contributed by atoms with van der Waals surface area (Å²) in [5, 5.41) is 2.82. The molecule has 1 aliphatic heterocycles. The summed E-state index contributed by atoms with van der Waals surface area (Å²) in [6.07, 6.45) is 2.35. The summed E-state index contributed by atoms with van der Waals surface area (Å²) >= 11 is 0. The van der Waals surface area contributed by atoms with Gasteiger partial charge in [0.25, 0.3) is 5.91 Å². The molecule has 104 valence electrons. The maximum absolute atomic E-state index is 11.9. The lowest BCUT2D eigenvalue weighted by Gasteiger charge is -2.22. The Hall–Kier alpha value is -1.67. The van der Waals surface area contributed by atoms with Gasteiger partial charge in [0.2, 0.25) is 0 Å². The first kappa shape index (κ1) is 13.8. The van der Waals surface area contributed by atoms with E-state index in [4.69, 9.17) is 5.84 Å². The molecule has 1 aromatic heterocycles. The van der Waals surface area contributed by atoms with E-state index in [0.29, 0.717) is 24.2 Å². The molecule has 2 heterocycles. The van der Waals surface area contributed by atoms with Gasteiger partial charge in [0.1, 0.15) is 15.7 Å². The highest BCUT2D eigenvalue weighted by atomic mass is 32.2. The van der Waals surface area contributed by atoms with Gasteiger partial charge in [0.15, 0.2) is 0 Å². The maximum Gasteiger partial charge on any atom is 0.253 e. The van der Waals surface area contributed by atoms with E-state index in [0.717, 1.165) is 0 Å². The number of carbonyl (C=O) groups is 1. The van der Waals surface area contributed by atoms with Crippen molar-refractivity contribution >= 4 is 21.6 Å². The average Bonchev–Trinajstić information content (AvgIpc) is 2.41. The van der Waals surface area contributed by atoms with E-state index in [1.54, 1.807) is 12.1 Å². The van der Waals surface area contributed by atoms with Gasteiger partial charge in [-0.25, -0.2) is 19.2 Å². The van der Waals surface area contributed by atoms with Crippen LogP contribution in [0, 0.1) is 0 Å². The minimum atomic E-state index is -2.91. The fraction of sp³-hybridized carbons (Fsp3) is 0.455. The van der Waals surface area contributed by atoms with Crippen LogP contribution < -0.4 is 16.6 Å². The first-order valence-electron chi connectivity index (χ1n) is 5.94. The number of nitrogen functional groups attached to an aromatic ring is 1. The van der Waals surface area contributed by atoms with Crippen molar-refractivity contribution in [2.75, 3.05) is 16.9 Å². The van der Waals surface area contributed by atoms with Crippen molar-refractivity contribution < 1.29 is 13.2 Å². The monoisotopic (exact) mass is 284 g/mol. The van der Waals surface area contributed by atoms with Crippen molar-refractivity contribution in [3.63, 3.8) is 0 Å². The molecule has 0 radical (unpaired) electrons. The van der Waals surface area contributed by atoms with Crippen molar-refractivity contribution in [3.8, 4) is 0 Å². The van der Waals surface area contributed by atoms with E-state index in [1.807, 2.05) is 0 Å². The largest absolute Gasteiger partial charge is 0.349 e. The molecule has 1 aliphatic rings. The van der Waals surface area contributed by atoms with Gasteiger partial charge in [-0.05, 0) is 25.0 Å². The first-order valence-corrected chi connectivity index (χ1v) is 7.76. The van der Waals surface area contributed by atoms with Gasteiger partial charge >= 0.3 is 0 Å². The number of pyridine rings is 1. The van der Waals surface area contributed by atoms with Crippen LogP contribution in [0.3, 0.4) is 0 Å². The van der Waals surface area contributed by atoms with E-state index in [1.165, 1.54) is 6.20 Å². The smallest absolute Gasteiger partial charge is 0.253 e. The second-order valence-corrected chi connectivity index (χ2v) is 6.78. The van der Waals surface area contributed by atoms with Crippen LogP contribution in [-0.2, 0) is 9.84 Å². The number of hydrazine groups is 1. The van der Waals surface area contributed by atoms with Gasteiger partial charge in [-0.1, -0.05) is 0 Å². The minimum Gasteiger partial charge on any atom is -0.349 e. The van der Waals surface area contributed by atoms with E-state index in [-0.39, 0.29) is 23.5 Å². The standard InChI is InChI=1S/C11H16N4O3S/c12-15-10-2-1-8(7-13-10)11(16)14-9-3-5-19(17,18)6-4-9/h1-2,7,9H,3-6,12H2,(H,13,15)(H,14,16). The Labute approximate surface area is 111 Å². The summed E-state index contributed by atoms with van der Waals surface area (Å²) in [6, 6.07) is 3.11. The van der Waals surface area contributed by atoms with Crippen molar-refractivity contribution in [2.24, 2.45) is 5.84 Å². The molecule has 0 unspecified atom stereocenters. The number of sulfone groups is 1. The number of aromatic nitrogens is 1. The Morgan fingerprint density at radius 2 is 2.00 bits per heavy atom. The second kappa shape index (κ2) is 5.54. The molecule has 2 rings (SSSR count). The summed E-state index contributed by atoms with van der Waals surface area (Å²) in [5.41, 5.74) is 2.80. The van der Waals surface area contributed by atoms with Crippen molar-refractivity contribution in [3.05, 3.63) is 23.9 Å². The van der Waals surface area contributed by atoms with Gasteiger partial charge in [-0.3, -0.25) is 4.79 Å². The number of carbonyl (C=O) groups excluding carboxylic acids is 1. The van der Waals surface area contributed by atoms with Gasteiger partial charge in [0, 0.05) is 12.2 Å². The molecule has 0 atom stereocenters. The predicted molar refractivity (Wildman–Crippen MR) is 71.2 cm³/mol. The van der Waals surface area contributed by atoms with E-state index < -0.39 is 9.84 Å². The summed E-state index contributed by atoms with van der Waals surface area (Å²) in [6.45, 7) is 0. The lowest BCUT2D eigenvalue weighted by atomic mass is 10.1. The SMILES string of the molecule is NNc1ccc(C(=O)NC2CCS(=O)(=O)CC2)cn1. The highest BCUT2D eigenvalue weighted by Crippen LogP contribution is 2.13. The predicted octanol–water partition coefficient (Wildman–Crippen LogP) is -0.326. The third-order valence-corrected chi connectivity index (χ3v) is 4.78. The number of nitrogens with zero attached hydrogens (tertiary/aromatic N) is 1. The molecule has 0 spiro atoms. The zero-order chi connectivity index (χ0) is 13.9. The zero-order valence-corrected chi connectivity index (χ0v) is 11.1. The Morgan fingerprint density at radius 1 is 1.32 bits per heavy atom. The zero-order valence-electron chi connectivity index (χ0n) is 10.3. The fourth-order valence-electron chi connectivity index (χ4n) is 1.92. The van der Waals surface area contributed by atoms with Crippen LogP contribution >= 0.6 is 0 Å². The number of nitrogens with one attached hydrogen (secondary N) is 2. The lowest BCUT2D eigenvalue weighted by Crippen LogP contribution is -2.40. The average molecular weight is 284 g/mol. The highest BCUT2D eigenvalue weighted by molar-refractivity contribution is 7.91. The third kappa shape index (κ3) is 3.65. The van der Waals surface area contributed by atoms with Crippen LogP contribution in [-0.4, -0.2) is 36.9 Å². The Balaban J connectivity index is 1.94. The van der Waals surface area contributed by atoms with Gasteiger partial charge < -0.3 is 10.7 Å². The number of hydrogen-bond donors (Lipinski definition) is 3. The molecule has 0 bridgehead atoms. The van der Waals surface area contributed by atoms with Gasteiger partial charge in [-0.2, -0.15) is 0 Å². The molecule has 8 heteroatoms. The summed E-state index contributed by atoms with van der Waals surface area (Å²) in [7, 11) is -2.91. The van der Waals surface area contributed by atoms with Crippen LogP contribution in [0.25, 0.3) is 0 Å². The molecule has 1 amide bonds. The molecular weight excluding hydrogens is 268 g/mol. The lowest BCUT2D eigenvalue weighted by molar-refractivity contribution is 0.0934. The van der Waals surface area contributed by atoms with E-state index in [9.17, 15) is 13.2 Å². The van der Waals surface area contributed by atoms with Crippen molar-refractivity contribution in [2.45, 2.75) is 18.9 Å². The number of anilines is 1. The first-order chi connectivity index (χ1) is 9.00. The molecule has 7 nitrogen and oxygen atoms in total. The molecule has 0 aliphatic carbocycles. The number of hydrogen-bond acceptors (Lipinski definition) is 6. The Bertz CT molecular complexity index is 542. The number of nitrogens with two attached hydrogens (primary N) is 1. The van der Waals surface area contributed by atoms with Crippen molar-refractivity contribution in [1.82, 2.24) is 10.3 Å². The Kier molecular flexibility index (Phi) is 4.01. The number of amides is 1. The van der Waals surface area contributed by atoms with E-state index >= 15 is 0 Å². The summed E-state index contributed by atoms with van der Waals surface area (Å²) in [5.74, 6) is 5.67. The molecule has 1 saturated heterocycles. The Morgan fingerprint density at radius 3 is 2.53 bits per heavy atom. The van der Waals surface area contributed by atoms with Crippen LogP contribution in [0.4, 0.5) is 5.82 Å². The van der Waals surface area contributed by atoms with Crippen LogP contribution in [0.5, 0.6) is 0 Å². The third-order valence-electron chi connectivity index (χ3n) is 3.06. The molecule has 1 fully saturated rings. The molecule has 4 N–H and O–H groups in total. The molecule has 19 heavy (non-hydrogen) atoms. The molecule has 0 saturated carbocycles. The highest BCUT2D eigenvalue weighted by Gasteiger charge is 2.24. The van der Waals surface area contributed by atoms with Crippen LogP contribution in [0.15, 0.2) is 18.3 Å². The van der Waals surface area contributed by atoms with Crippen molar-refractivity contribution in [1.29, 1.82) is 0 Å². The summed E-state index contributed by atoms with van der Waals surface area (Å²) in [4.78, 5) is 15.9. The quantitative estimate of drug-likeness (QED) is 0.517. The van der Waals surface area contributed by atoms with E-state index in [2.05, 4.69) is 15.7 Å². The summed E-state index contributed by atoms with van der Waals surface area (Å²) < 4.78 is 22.6. The van der Waals surface area contributed by atoms with Crippen LogP contribution in [0.2, 0.25) is 0 Å². The van der Waals surface area contributed by atoms with Gasteiger partial charge in [-0.15, -0.1) is 0 Å². The minimum absolute atomic E-state index is 0.0941. The molecule has 0 aromatic carbocycles. The maximum atomic E-state index is 11.9. The second-order valence-electron chi connectivity index (χ2n) is 4.48.